The van der Waals surface area contributed by atoms with Gasteiger partial charge in [-0.15, -0.1) is 0 Å². The molecule has 0 radical (unpaired) electrons. The Bertz CT molecular complexity index is 1180. The summed E-state index contributed by atoms with van der Waals surface area (Å²) >= 11 is 5.93. The number of urea groups is 1. The number of likely N-dealkylation sites (tertiary alicyclic amines) is 1. The molecule has 4 amide bonds. The Hall–Kier alpha value is -3.72. The molecule has 3 aliphatic rings. The number of anilines is 1. The van der Waals surface area contributed by atoms with Gasteiger partial charge in [0, 0.05) is 49.5 Å². The summed E-state index contributed by atoms with van der Waals surface area (Å²) in [5.74, 6) is -0.0529. The van der Waals surface area contributed by atoms with Gasteiger partial charge in [-0.25, -0.2) is 4.79 Å². The summed E-state index contributed by atoms with van der Waals surface area (Å²) in [4.78, 5) is 47.1. The van der Waals surface area contributed by atoms with Crippen molar-refractivity contribution in [3.63, 3.8) is 0 Å². The van der Waals surface area contributed by atoms with Gasteiger partial charge >= 0.3 is 6.03 Å². The lowest BCUT2D eigenvalue weighted by atomic mass is 10.0. The lowest BCUT2D eigenvalue weighted by Gasteiger charge is -2.38. The summed E-state index contributed by atoms with van der Waals surface area (Å²) in [7, 11) is 1.96. The van der Waals surface area contributed by atoms with Gasteiger partial charge in [0.2, 0.25) is 5.91 Å². The summed E-state index contributed by atoms with van der Waals surface area (Å²) in [5, 5.41) is 6.23. The molecule has 2 saturated heterocycles. The number of nitrogens with zero attached hydrogens (tertiary/aromatic N) is 4. The highest BCUT2D eigenvalue weighted by Gasteiger charge is 2.41. The number of hydrogen-bond acceptors (Lipinski definition) is 5. The van der Waals surface area contributed by atoms with Crippen LogP contribution in [0.3, 0.4) is 0 Å². The van der Waals surface area contributed by atoms with E-state index in [2.05, 4.69) is 15.5 Å². The summed E-state index contributed by atoms with van der Waals surface area (Å²) in [5.41, 5.74) is 2.30. The van der Waals surface area contributed by atoms with E-state index in [9.17, 15) is 14.4 Å². The average molecular weight is 523 g/mol. The molecule has 2 aromatic carbocycles. The Morgan fingerprint density at radius 1 is 1.03 bits per heavy atom. The van der Waals surface area contributed by atoms with Crippen molar-refractivity contribution in [1.82, 2.24) is 24.9 Å². The van der Waals surface area contributed by atoms with Crippen LogP contribution in [0.15, 0.2) is 66.5 Å². The molecule has 3 aliphatic heterocycles. The monoisotopic (exact) mass is 522 g/mol. The zero-order valence-electron chi connectivity index (χ0n) is 20.8. The summed E-state index contributed by atoms with van der Waals surface area (Å²) in [6.07, 6.45) is 3.71. The number of halogens is 1. The van der Waals surface area contributed by atoms with Crippen molar-refractivity contribution < 1.29 is 14.4 Å². The van der Waals surface area contributed by atoms with E-state index in [0.29, 0.717) is 49.7 Å². The Kier molecular flexibility index (Phi) is 7.23. The van der Waals surface area contributed by atoms with Crippen LogP contribution in [-0.4, -0.2) is 83.0 Å². The number of nitrogens with one attached hydrogen (secondary N) is 2. The second-order valence-electron chi connectivity index (χ2n) is 9.77. The van der Waals surface area contributed by atoms with Crippen molar-refractivity contribution in [2.45, 2.75) is 31.3 Å². The molecule has 9 nitrogen and oxygen atoms in total. The Balaban J connectivity index is 1.22. The van der Waals surface area contributed by atoms with Gasteiger partial charge in [-0.3, -0.25) is 9.59 Å². The number of carbonyl (C=O) groups excluding carboxylic acids is 3. The number of fused-ring (bicyclic) bond motifs is 1. The fourth-order valence-corrected chi connectivity index (χ4v) is 5.32. The van der Waals surface area contributed by atoms with Crippen molar-refractivity contribution >= 4 is 35.1 Å². The van der Waals surface area contributed by atoms with Gasteiger partial charge in [-0.05, 0) is 42.7 Å². The Morgan fingerprint density at radius 3 is 2.41 bits per heavy atom. The number of amides is 4. The van der Waals surface area contributed by atoms with Gasteiger partial charge in [-0.1, -0.05) is 41.9 Å². The van der Waals surface area contributed by atoms with Crippen LogP contribution in [0.25, 0.3) is 0 Å². The second kappa shape index (κ2) is 10.7. The molecule has 37 heavy (non-hydrogen) atoms. The van der Waals surface area contributed by atoms with Gasteiger partial charge in [-0.2, -0.15) is 0 Å². The molecule has 10 heteroatoms. The molecular formula is C27H31ClN6O3. The van der Waals surface area contributed by atoms with Crippen LogP contribution in [0, 0.1) is 0 Å². The summed E-state index contributed by atoms with van der Waals surface area (Å²) in [6.45, 7) is 2.40. The van der Waals surface area contributed by atoms with E-state index in [1.807, 2.05) is 53.4 Å². The van der Waals surface area contributed by atoms with Gasteiger partial charge in [0.15, 0.2) is 0 Å². The molecule has 2 aromatic rings. The second-order valence-corrected chi connectivity index (χ2v) is 10.2. The fraction of sp³-hybridized carbons (Fsp3) is 0.370. The van der Waals surface area contributed by atoms with Gasteiger partial charge < -0.3 is 30.2 Å². The first-order valence-corrected chi connectivity index (χ1v) is 12.9. The van der Waals surface area contributed by atoms with Crippen molar-refractivity contribution in [1.29, 1.82) is 0 Å². The maximum atomic E-state index is 13.6. The molecule has 0 saturated carbocycles. The van der Waals surface area contributed by atoms with E-state index in [1.54, 1.807) is 29.2 Å². The molecule has 0 aliphatic carbocycles. The van der Waals surface area contributed by atoms with Crippen LogP contribution in [0.4, 0.5) is 10.5 Å². The highest BCUT2D eigenvalue weighted by Crippen LogP contribution is 2.29. The lowest BCUT2D eigenvalue weighted by Crippen LogP contribution is -2.54. The fourth-order valence-electron chi connectivity index (χ4n) is 5.19. The Labute approximate surface area is 221 Å². The molecule has 3 heterocycles. The van der Waals surface area contributed by atoms with E-state index in [4.69, 9.17) is 11.6 Å². The number of rotatable bonds is 6. The first-order valence-electron chi connectivity index (χ1n) is 12.5. The minimum Gasteiger partial charge on any atom is -0.361 e. The number of benzene rings is 2. The van der Waals surface area contributed by atoms with Crippen molar-refractivity contribution in [2.24, 2.45) is 0 Å². The van der Waals surface area contributed by atoms with E-state index in [-0.39, 0.29) is 17.9 Å². The summed E-state index contributed by atoms with van der Waals surface area (Å²) in [6, 6.07) is 15.4. The third-order valence-electron chi connectivity index (χ3n) is 7.09. The predicted octanol–water partition coefficient (Wildman–Crippen LogP) is 2.91. The van der Waals surface area contributed by atoms with Crippen molar-refractivity contribution in [3.05, 3.63) is 77.1 Å². The van der Waals surface area contributed by atoms with Gasteiger partial charge in [0.1, 0.15) is 11.7 Å². The largest absolute Gasteiger partial charge is 0.361 e. The van der Waals surface area contributed by atoms with Gasteiger partial charge in [0.05, 0.1) is 13.3 Å². The molecule has 0 spiro atoms. The van der Waals surface area contributed by atoms with Crippen LogP contribution in [0.2, 0.25) is 5.02 Å². The van der Waals surface area contributed by atoms with Crippen LogP contribution in [0.1, 0.15) is 18.4 Å². The molecule has 1 atom stereocenters. The maximum Gasteiger partial charge on any atom is 0.319 e. The number of piperidine rings is 1. The molecule has 0 unspecified atom stereocenters. The maximum absolute atomic E-state index is 13.6. The molecule has 0 aromatic heterocycles. The zero-order chi connectivity index (χ0) is 25.9. The normalized spacial score (nSPS) is 18.5. The number of carbonyl (C=O) groups is 3. The molecule has 2 fully saturated rings. The molecular weight excluding hydrogens is 492 g/mol. The standard InChI is InChI=1S/C27H31ClN6O3/c1-31-16-24-26(36)34(18-33(24)17-31)22-11-13-32(14-12-22)25(35)23(15-19-5-3-2-4-6-19)30-27(37)29-21-9-7-20(28)8-10-21/h2-10,16,22-23H,11-15,17-18H2,1H3,(H2,29,30,37)/t23-/m1/s1. The SMILES string of the molecule is CN1C=C2C(=O)N(C3CCN(C(=O)[C@@H](Cc4ccccc4)NC(=O)Nc4ccc(Cl)cc4)CC3)CN2C1. The first kappa shape index (κ1) is 25.0. The van der Waals surface area contributed by atoms with E-state index < -0.39 is 12.1 Å². The van der Waals surface area contributed by atoms with Crippen molar-refractivity contribution in [2.75, 3.05) is 38.8 Å². The van der Waals surface area contributed by atoms with E-state index >= 15 is 0 Å². The third-order valence-corrected chi connectivity index (χ3v) is 7.34. The number of hydrogen-bond donors (Lipinski definition) is 2. The van der Waals surface area contributed by atoms with Crippen LogP contribution in [0.5, 0.6) is 0 Å². The van der Waals surface area contributed by atoms with Crippen molar-refractivity contribution in [3.8, 4) is 0 Å². The van der Waals surface area contributed by atoms with Crippen LogP contribution in [-0.2, 0) is 16.0 Å². The smallest absolute Gasteiger partial charge is 0.319 e. The molecule has 194 valence electrons. The quantitative estimate of drug-likeness (QED) is 0.609. The average Bonchev–Trinajstić information content (AvgIpc) is 3.41. The topological polar surface area (TPSA) is 88.2 Å². The van der Waals surface area contributed by atoms with Crippen LogP contribution < -0.4 is 10.6 Å². The third kappa shape index (κ3) is 5.67. The highest BCUT2D eigenvalue weighted by atomic mass is 35.5. The lowest BCUT2D eigenvalue weighted by molar-refractivity contribution is -0.135. The van der Waals surface area contributed by atoms with E-state index in [1.165, 1.54) is 0 Å². The zero-order valence-corrected chi connectivity index (χ0v) is 21.5. The Morgan fingerprint density at radius 2 is 1.73 bits per heavy atom. The predicted molar refractivity (Wildman–Crippen MR) is 141 cm³/mol. The minimum absolute atomic E-state index is 0.0663. The van der Waals surface area contributed by atoms with E-state index in [0.717, 1.165) is 17.9 Å². The molecule has 0 bridgehead atoms. The molecule has 2 N–H and O–H groups in total. The van der Waals surface area contributed by atoms with Gasteiger partial charge in [0.25, 0.3) is 5.91 Å². The summed E-state index contributed by atoms with van der Waals surface area (Å²) < 4.78 is 0. The molecule has 5 rings (SSSR count). The van der Waals surface area contributed by atoms with Crippen LogP contribution >= 0.6 is 11.6 Å². The minimum atomic E-state index is -0.717. The highest BCUT2D eigenvalue weighted by molar-refractivity contribution is 6.30. The first-order chi connectivity index (χ1) is 17.9.